The van der Waals surface area contributed by atoms with Crippen molar-refractivity contribution in [2.24, 2.45) is 0 Å². The van der Waals surface area contributed by atoms with Gasteiger partial charge in [0.05, 0.1) is 0 Å². The van der Waals surface area contributed by atoms with Crippen LogP contribution in [0, 0.1) is 0 Å². The summed E-state index contributed by atoms with van der Waals surface area (Å²) in [6.45, 7) is 14.5. The summed E-state index contributed by atoms with van der Waals surface area (Å²) in [5.74, 6) is 0. The van der Waals surface area contributed by atoms with Gasteiger partial charge in [-0.25, -0.2) is 0 Å². The van der Waals surface area contributed by atoms with E-state index in [0.29, 0.717) is 0 Å². The number of nitrogens with zero attached hydrogens (tertiary/aromatic N) is 1. The van der Waals surface area contributed by atoms with Crippen LogP contribution in [-0.4, -0.2) is 0 Å². The highest BCUT2D eigenvalue weighted by molar-refractivity contribution is 5.61. The van der Waals surface area contributed by atoms with Crippen LogP contribution in [0.3, 0.4) is 0 Å². The number of aryl methyl sites for hydroxylation is 1. The second-order valence-corrected chi connectivity index (χ2v) is 5.09. The van der Waals surface area contributed by atoms with Gasteiger partial charge < -0.3 is 4.90 Å². The molecule has 0 aromatic heterocycles. The molecule has 0 heterocycles. The number of rotatable bonds is 8. The van der Waals surface area contributed by atoms with Gasteiger partial charge in [-0.15, -0.1) is 0 Å². The van der Waals surface area contributed by atoms with Crippen LogP contribution in [0.15, 0.2) is 73.1 Å². The molecule has 1 nitrogen and oxygen atoms in total. The SMILES string of the molecule is C=C(/C=C\C)N(C(=C)/C=C\C)c1ccc(CCCC)cc1. The number of anilines is 1. The van der Waals surface area contributed by atoms with Crippen molar-refractivity contribution in [1.29, 1.82) is 0 Å². The largest absolute Gasteiger partial charge is 0.312 e. The van der Waals surface area contributed by atoms with E-state index in [1.165, 1.54) is 18.4 Å². The van der Waals surface area contributed by atoms with Crippen molar-refractivity contribution in [2.45, 2.75) is 40.0 Å². The molecule has 21 heavy (non-hydrogen) atoms. The summed E-state index contributed by atoms with van der Waals surface area (Å²) in [7, 11) is 0. The average Bonchev–Trinajstić information content (AvgIpc) is 2.47. The van der Waals surface area contributed by atoms with E-state index in [-0.39, 0.29) is 0 Å². The summed E-state index contributed by atoms with van der Waals surface area (Å²) in [5.41, 5.74) is 4.32. The molecule has 1 aromatic carbocycles. The Hall–Kier alpha value is -2.02. The summed E-state index contributed by atoms with van der Waals surface area (Å²) >= 11 is 0. The minimum atomic E-state index is 0.918. The first-order valence-corrected chi connectivity index (χ1v) is 7.66. The lowest BCUT2D eigenvalue weighted by Gasteiger charge is -2.26. The second kappa shape index (κ2) is 9.02. The molecule has 0 aliphatic heterocycles. The molecule has 0 saturated heterocycles. The fourth-order valence-electron chi connectivity index (χ4n) is 2.24. The smallest absolute Gasteiger partial charge is 0.0461 e. The van der Waals surface area contributed by atoms with Gasteiger partial charge in [-0.2, -0.15) is 0 Å². The third-order valence-electron chi connectivity index (χ3n) is 3.31. The Bertz CT molecular complexity index is 493. The van der Waals surface area contributed by atoms with Crippen LogP contribution in [0.5, 0.6) is 0 Å². The van der Waals surface area contributed by atoms with Crippen LogP contribution in [0.2, 0.25) is 0 Å². The molecule has 0 bridgehead atoms. The molecule has 0 spiro atoms. The molecule has 112 valence electrons. The molecule has 0 aliphatic rings. The molecule has 1 heteroatoms. The maximum Gasteiger partial charge on any atom is 0.0461 e. The first-order chi connectivity index (χ1) is 10.1. The molecule has 0 N–H and O–H groups in total. The number of hydrogen-bond acceptors (Lipinski definition) is 1. The van der Waals surface area contributed by atoms with Crippen LogP contribution in [0.25, 0.3) is 0 Å². The highest BCUT2D eigenvalue weighted by atomic mass is 15.1. The predicted molar refractivity (Wildman–Crippen MR) is 95.4 cm³/mol. The van der Waals surface area contributed by atoms with Crippen LogP contribution in [0.1, 0.15) is 39.2 Å². The number of allylic oxidation sites excluding steroid dienone is 4. The van der Waals surface area contributed by atoms with Gasteiger partial charge in [0, 0.05) is 17.1 Å². The lowest BCUT2D eigenvalue weighted by molar-refractivity contribution is 0.795. The second-order valence-electron chi connectivity index (χ2n) is 5.09. The van der Waals surface area contributed by atoms with Crippen LogP contribution in [-0.2, 0) is 6.42 Å². The Labute approximate surface area is 130 Å². The quantitative estimate of drug-likeness (QED) is 0.527. The Morgan fingerprint density at radius 1 is 1.00 bits per heavy atom. The van der Waals surface area contributed by atoms with Gasteiger partial charge in [0.1, 0.15) is 0 Å². The summed E-state index contributed by atoms with van der Waals surface area (Å²) in [6.07, 6.45) is 11.6. The van der Waals surface area contributed by atoms with E-state index >= 15 is 0 Å². The normalized spacial score (nSPS) is 11.2. The van der Waals surface area contributed by atoms with Crippen LogP contribution < -0.4 is 4.90 Å². The van der Waals surface area contributed by atoms with Crippen molar-refractivity contribution >= 4 is 5.69 Å². The monoisotopic (exact) mass is 281 g/mol. The molecule has 1 aromatic rings. The summed E-state index contributed by atoms with van der Waals surface area (Å²) in [4.78, 5) is 2.07. The minimum Gasteiger partial charge on any atom is -0.312 e. The van der Waals surface area contributed by atoms with Crippen molar-refractivity contribution in [2.75, 3.05) is 4.90 Å². The van der Waals surface area contributed by atoms with E-state index in [4.69, 9.17) is 0 Å². The van der Waals surface area contributed by atoms with Gasteiger partial charge >= 0.3 is 0 Å². The Morgan fingerprint density at radius 3 is 1.95 bits per heavy atom. The molecule has 1 rings (SSSR count). The van der Waals surface area contributed by atoms with E-state index in [0.717, 1.165) is 23.5 Å². The van der Waals surface area contributed by atoms with Gasteiger partial charge in [0.25, 0.3) is 0 Å². The summed E-state index contributed by atoms with van der Waals surface area (Å²) in [6, 6.07) is 8.69. The Morgan fingerprint density at radius 2 is 1.52 bits per heavy atom. The maximum atomic E-state index is 4.14. The van der Waals surface area contributed by atoms with Gasteiger partial charge in [0.2, 0.25) is 0 Å². The molecular weight excluding hydrogens is 254 g/mol. The molecule has 0 unspecified atom stereocenters. The zero-order chi connectivity index (χ0) is 15.7. The number of unbranched alkanes of at least 4 members (excludes halogenated alkanes) is 1. The highest BCUT2D eigenvalue weighted by Gasteiger charge is 2.10. The first kappa shape index (κ1) is 17.0. The van der Waals surface area contributed by atoms with Crippen LogP contribution in [0.4, 0.5) is 5.69 Å². The molecular formula is C20H27N. The molecule has 0 atom stereocenters. The Balaban J connectivity index is 3.02. The molecule has 0 radical (unpaired) electrons. The fraction of sp³-hybridized carbons (Fsp3) is 0.300. The molecule has 0 fully saturated rings. The number of benzene rings is 1. The van der Waals surface area contributed by atoms with E-state index in [9.17, 15) is 0 Å². The van der Waals surface area contributed by atoms with Gasteiger partial charge in [0.15, 0.2) is 0 Å². The maximum absolute atomic E-state index is 4.14. The number of hydrogen-bond donors (Lipinski definition) is 0. The first-order valence-electron chi connectivity index (χ1n) is 7.66. The zero-order valence-corrected chi connectivity index (χ0v) is 13.6. The molecule has 0 aliphatic carbocycles. The molecule has 0 amide bonds. The fourth-order valence-corrected chi connectivity index (χ4v) is 2.24. The topological polar surface area (TPSA) is 3.24 Å². The van der Waals surface area contributed by atoms with E-state index in [1.54, 1.807) is 0 Å². The lowest BCUT2D eigenvalue weighted by Crippen LogP contribution is -2.18. The van der Waals surface area contributed by atoms with Gasteiger partial charge in [-0.05, 0) is 56.5 Å². The van der Waals surface area contributed by atoms with Crippen LogP contribution >= 0.6 is 0 Å². The molecule has 0 saturated carbocycles. The van der Waals surface area contributed by atoms with E-state index in [1.807, 2.05) is 38.2 Å². The summed E-state index contributed by atoms with van der Waals surface area (Å²) < 4.78 is 0. The Kier molecular flexibility index (Phi) is 7.31. The van der Waals surface area contributed by atoms with Crippen molar-refractivity contribution in [3.05, 3.63) is 78.7 Å². The third kappa shape index (κ3) is 5.11. The standard InChI is InChI=1S/C20H27N/c1-6-9-12-19-13-15-20(16-14-19)21(17(4)10-7-2)18(5)11-8-3/h7-8,10-11,13-16H,4-6,9,12H2,1-3H3/b10-7-,11-8-. The highest BCUT2D eigenvalue weighted by Crippen LogP contribution is 2.25. The minimum absolute atomic E-state index is 0.918. The van der Waals surface area contributed by atoms with Crippen molar-refractivity contribution < 1.29 is 0 Å². The third-order valence-corrected chi connectivity index (χ3v) is 3.31. The van der Waals surface area contributed by atoms with E-state index < -0.39 is 0 Å². The average molecular weight is 281 g/mol. The predicted octanol–water partition coefficient (Wildman–Crippen LogP) is 6.02. The zero-order valence-electron chi connectivity index (χ0n) is 13.6. The van der Waals surface area contributed by atoms with Gasteiger partial charge in [-0.1, -0.05) is 50.8 Å². The lowest BCUT2D eigenvalue weighted by atomic mass is 10.1. The van der Waals surface area contributed by atoms with Crippen molar-refractivity contribution in [1.82, 2.24) is 0 Å². The van der Waals surface area contributed by atoms with Gasteiger partial charge in [-0.3, -0.25) is 0 Å². The van der Waals surface area contributed by atoms with Crippen molar-refractivity contribution in [3.8, 4) is 0 Å². The summed E-state index contributed by atoms with van der Waals surface area (Å²) in [5, 5.41) is 0. The van der Waals surface area contributed by atoms with Crippen molar-refractivity contribution in [3.63, 3.8) is 0 Å². The van der Waals surface area contributed by atoms with E-state index in [2.05, 4.69) is 49.2 Å².